The Morgan fingerprint density at radius 3 is 2.81 bits per heavy atom. The lowest BCUT2D eigenvalue weighted by Gasteiger charge is -2.24. The van der Waals surface area contributed by atoms with E-state index in [9.17, 15) is 19.1 Å². The van der Waals surface area contributed by atoms with Gasteiger partial charge in [-0.15, -0.1) is 0 Å². The summed E-state index contributed by atoms with van der Waals surface area (Å²) in [4.78, 5) is 25.4. The molecule has 0 bridgehead atoms. The van der Waals surface area contributed by atoms with E-state index in [0.29, 0.717) is 11.0 Å². The van der Waals surface area contributed by atoms with E-state index >= 15 is 0 Å². The Kier molecular flexibility index (Phi) is 3.73. The summed E-state index contributed by atoms with van der Waals surface area (Å²) in [6, 6.07) is 3.30. The summed E-state index contributed by atoms with van der Waals surface area (Å²) >= 11 is 3.21. The molecule has 21 heavy (non-hydrogen) atoms. The van der Waals surface area contributed by atoms with Crippen LogP contribution < -0.4 is 0 Å². The summed E-state index contributed by atoms with van der Waals surface area (Å²) in [5, 5.41) is 9.45. The number of amides is 1. The first-order chi connectivity index (χ1) is 9.99. The zero-order valence-corrected chi connectivity index (χ0v) is 12.8. The van der Waals surface area contributed by atoms with Crippen molar-refractivity contribution in [3.63, 3.8) is 0 Å². The minimum Gasteiger partial charge on any atom is -0.480 e. The zero-order valence-electron chi connectivity index (χ0n) is 11.3. The van der Waals surface area contributed by atoms with Crippen molar-refractivity contribution in [1.82, 2.24) is 4.90 Å². The number of carbonyl (C=O) groups is 2. The van der Waals surface area contributed by atoms with E-state index in [1.807, 2.05) is 0 Å². The normalized spacial score (nSPS) is 27.7. The van der Waals surface area contributed by atoms with Gasteiger partial charge in [0.2, 0.25) is 0 Å². The van der Waals surface area contributed by atoms with Crippen molar-refractivity contribution in [2.45, 2.75) is 25.3 Å². The number of carboxylic acids is 1. The van der Waals surface area contributed by atoms with Crippen molar-refractivity contribution >= 4 is 27.8 Å². The number of carbonyl (C=O) groups excluding carboxylic acids is 1. The summed E-state index contributed by atoms with van der Waals surface area (Å²) in [5.41, 5.74) is -0.0735. The quantitative estimate of drug-likeness (QED) is 0.887. The smallest absolute Gasteiger partial charge is 0.326 e. The number of carboxylic acid groups (broad SMARTS) is 1. The lowest BCUT2D eigenvalue weighted by atomic mass is 9.94. The minimum atomic E-state index is -0.992. The van der Waals surface area contributed by atoms with Crippen LogP contribution in [-0.2, 0) is 4.79 Å². The summed E-state index contributed by atoms with van der Waals surface area (Å²) in [7, 11) is 0. The van der Waals surface area contributed by atoms with Gasteiger partial charge in [0.1, 0.15) is 11.9 Å². The Morgan fingerprint density at radius 2 is 2.10 bits per heavy atom. The average molecular weight is 356 g/mol. The molecule has 1 heterocycles. The van der Waals surface area contributed by atoms with E-state index < -0.39 is 23.7 Å². The highest BCUT2D eigenvalue weighted by Crippen LogP contribution is 2.42. The number of fused-ring (bicyclic) bond motifs is 1. The summed E-state index contributed by atoms with van der Waals surface area (Å²) < 4.78 is 14.5. The Hall–Kier alpha value is -1.43. The number of hydrogen-bond acceptors (Lipinski definition) is 2. The van der Waals surface area contributed by atoms with Crippen LogP contribution in [-0.4, -0.2) is 34.5 Å². The van der Waals surface area contributed by atoms with Gasteiger partial charge in [0.05, 0.1) is 5.56 Å². The van der Waals surface area contributed by atoms with Gasteiger partial charge in [-0.25, -0.2) is 9.18 Å². The van der Waals surface area contributed by atoms with Gasteiger partial charge in [-0.2, -0.15) is 0 Å². The maximum absolute atomic E-state index is 13.9. The van der Waals surface area contributed by atoms with Crippen LogP contribution in [0.1, 0.15) is 29.6 Å². The number of nitrogens with zero attached hydrogens (tertiary/aromatic N) is 1. The number of benzene rings is 1. The second-order valence-corrected chi connectivity index (χ2v) is 6.64. The Labute approximate surface area is 130 Å². The fraction of sp³-hybridized carbons (Fsp3) is 0.467. The Balaban J connectivity index is 1.93. The van der Waals surface area contributed by atoms with Gasteiger partial charge in [-0.3, -0.25) is 4.79 Å². The van der Waals surface area contributed by atoms with Crippen LogP contribution in [0, 0.1) is 17.7 Å². The molecule has 2 fully saturated rings. The maximum Gasteiger partial charge on any atom is 0.326 e. The van der Waals surface area contributed by atoms with Crippen molar-refractivity contribution in [1.29, 1.82) is 0 Å². The van der Waals surface area contributed by atoms with Crippen LogP contribution in [0.5, 0.6) is 0 Å². The molecule has 1 aliphatic carbocycles. The first kappa shape index (κ1) is 14.5. The molecule has 2 aliphatic rings. The number of halogens is 2. The van der Waals surface area contributed by atoms with Crippen molar-refractivity contribution in [2.24, 2.45) is 11.8 Å². The molecule has 0 aromatic heterocycles. The van der Waals surface area contributed by atoms with Crippen LogP contribution in [0.2, 0.25) is 0 Å². The molecule has 112 valence electrons. The van der Waals surface area contributed by atoms with E-state index in [0.717, 1.165) is 19.3 Å². The monoisotopic (exact) mass is 355 g/mol. The van der Waals surface area contributed by atoms with Gasteiger partial charge in [-0.05, 0) is 42.9 Å². The van der Waals surface area contributed by atoms with Crippen molar-refractivity contribution < 1.29 is 19.1 Å². The van der Waals surface area contributed by atoms with Gasteiger partial charge >= 0.3 is 5.97 Å². The number of likely N-dealkylation sites (tertiary alicyclic amines) is 1. The molecule has 3 rings (SSSR count). The number of aliphatic carboxylic acids is 1. The Bertz CT molecular complexity index is 607. The van der Waals surface area contributed by atoms with E-state index in [-0.39, 0.29) is 17.4 Å². The molecule has 0 spiro atoms. The molecule has 3 atom stereocenters. The molecule has 1 aromatic rings. The highest BCUT2D eigenvalue weighted by molar-refractivity contribution is 9.10. The minimum absolute atomic E-state index is 0.00154. The SMILES string of the molecule is O=C(O)C1C2CCCC2CN1C(=O)c1cc(Br)ccc1F. The van der Waals surface area contributed by atoms with Crippen LogP contribution in [0.4, 0.5) is 4.39 Å². The third kappa shape index (κ3) is 2.46. The van der Waals surface area contributed by atoms with Crippen LogP contribution in [0.3, 0.4) is 0 Å². The number of rotatable bonds is 2. The van der Waals surface area contributed by atoms with Gasteiger partial charge < -0.3 is 10.0 Å². The fourth-order valence-corrected chi connectivity index (χ4v) is 4.01. The molecule has 1 saturated heterocycles. The standard InChI is InChI=1S/C15H15BrFNO3/c16-9-4-5-12(17)11(6-9)14(19)18-7-8-2-1-3-10(8)13(18)15(20)21/h4-6,8,10,13H,1-3,7H2,(H,20,21). The average Bonchev–Trinajstić information content (AvgIpc) is 3.00. The molecule has 3 unspecified atom stereocenters. The topological polar surface area (TPSA) is 57.6 Å². The summed E-state index contributed by atoms with van der Waals surface area (Å²) in [6.07, 6.45) is 2.78. The van der Waals surface area contributed by atoms with Gasteiger partial charge in [0.25, 0.3) is 5.91 Å². The molecule has 1 amide bonds. The molecule has 4 nitrogen and oxygen atoms in total. The van der Waals surface area contributed by atoms with Crippen LogP contribution in [0.25, 0.3) is 0 Å². The zero-order chi connectivity index (χ0) is 15.1. The van der Waals surface area contributed by atoms with E-state index in [1.54, 1.807) is 0 Å². The predicted molar refractivity (Wildman–Crippen MR) is 77.4 cm³/mol. The van der Waals surface area contributed by atoms with Crippen molar-refractivity contribution in [3.8, 4) is 0 Å². The molecule has 0 radical (unpaired) electrons. The first-order valence-electron chi connectivity index (χ1n) is 6.98. The van der Waals surface area contributed by atoms with Crippen molar-refractivity contribution in [2.75, 3.05) is 6.54 Å². The van der Waals surface area contributed by atoms with Gasteiger partial charge in [0, 0.05) is 11.0 Å². The lowest BCUT2D eigenvalue weighted by Crippen LogP contribution is -2.43. The molecule has 1 saturated carbocycles. The molecule has 1 aliphatic heterocycles. The summed E-state index contributed by atoms with van der Waals surface area (Å²) in [6.45, 7) is 0.409. The molecular formula is C15H15BrFNO3. The molecule has 1 N–H and O–H groups in total. The highest BCUT2D eigenvalue weighted by Gasteiger charge is 2.49. The summed E-state index contributed by atoms with van der Waals surface area (Å²) in [5.74, 6) is -1.92. The molecular weight excluding hydrogens is 341 g/mol. The predicted octanol–water partition coefficient (Wildman–Crippen LogP) is 2.91. The molecule has 6 heteroatoms. The van der Waals surface area contributed by atoms with Crippen LogP contribution >= 0.6 is 15.9 Å². The van der Waals surface area contributed by atoms with Gasteiger partial charge in [0.15, 0.2) is 0 Å². The van der Waals surface area contributed by atoms with E-state index in [4.69, 9.17) is 0 Å². The highest BCUT2D eigenvalue weighted by atomic mass is 79.9. The van der Waals surface area contributed by atoms with Crippen molar-refractivity contribution in [3.05, 3.63) is 34.1 Å². The second-order valence-electron chi connectivity index (χ2n) is 5.72. The second kappa shape index (κ2) is 5.40. The largest absolute Gasteiger partial charge is 0.480 e. The Morgan fingerprint density at radius 1 is 1.33 bits per heavy atom. The lowest BCUT2D eigenvalue weighted by molar-refractivity contribution is -0.142. The van der Waals surface area contributed by atoms with E-state index in [2.05, 4.69) is 15.9 Å². The van der Waals surface area contributed by atoms with Crippen LogP contribution in [0.15, 0.2) is 22.7 Å². The fourth-order valence-electron chi connectivity index (χ4n) is 3.65. The first-order valence-corrected chi connectivity index (χ1v) is 7.77. The maximum atomic E-state index is 13.9. The number of hydrogen-bond donors (Lipinski definition) is 1. The third-order valence-electron chi connectivity index (χ3n) is 4.56. The van der Waals surface area contributed by atoms with E-state index in [1.165, 1.54) is 23.1 Å². The third-order valence-corrected chi connectivity index (χ3v) is 5.06. The van der Waals surface area contributed by atoms with Gasteiger partial charge in [-0.1, -0.05) is 22.4 Å². The molecule has 1 aromatic carbocycles.